The molecule has 0 aliphatic carbocycles. The number of carbonyl (C=O) groups is 1. The topological polar surface area (TPSA) is 78.5 Å². The van der Waals surface area contributed by atoms with E-state index in [0.29, 0.717) is 32.4 Å². The first-order valence-electron chi connectivity index (χ1n) is 9.07. The monoisotopic (exact) mass is 357 g/mol. The van der Waals surface area contributed by atoms with Crippen molar-refractivity contribution in [3.8, 4) is 5.75 Å². The maximum atomic E-state index is 12.5. The maximum Gasteiger partial charge on any atom is 0.223 e. The third-order valence-electron chi connectivity index (χ3n) is 5.14. The van der Waals surface area contributed by atoms with E-state index in [1.807, 2.05) is 45.0 Å². The molecule has 6 heteroatoms. The van der Waals surface area contributed by atoms with Gasteiger partial charge in [0.2, 0.25) is 5.91 Å². The van der Waals surface area contributed by atoms with E-state index in [2.05, 4.69) is 10.2 Å². The lowest BCUT2D eigenvalue weighted by molar-refractivity contribution is -0.131. The van der Waals surface area contributed by atoms with E-state index in [-0.39, 0.29) is 12.5 Å². The summed E-state index contributed by atoms with van der Waals surface area (Å²) >= 11 is 0. The van der Waals surface area contributed by atoms with E-state index in [1.165, 1.54) is 0 Å². The highest BCUT2D eigenvalue weighted by Gasteiger charge is 2.38. The fraction of sp³-hybridized carbons (Fsp3) is 0.500. The summed E-state index contributed by atoms with van der Waals surface area (Å²) in [6.07, 6.45) is 1.63. The number of aryl methyl sites for hydroxylation is 3. The van der Waals surface area contributed by atoms with Gasteiger partial charge in [-0.15, -0.1) is 0 Å². The number of β-amino-alcohol motifs (C(OH)–C–C–N with tert-alkyl or cyclic N) is 1. The van der Waals surface area contributed by atoms with E-state index < -0.39 is 5.60 Å². The Hall–Kier alpha value is -2.34. The van der Waals surface area contributed by atoms with E-state index in [4.69, 9.17) is 4.74 Å². The molecular formula is C20H27N3O3. The Kier molecular flexibility index (Phi) is 5.32. The van der Waals surface area contributed by atoms with Gasteiger partial charge in [0.05, 0.1) is 12.2 Å². The number of hydrogen-bond donors (Lipinski definition) is 2. The molecule has 6 nitrogen and oxygen atoms in total. The summed E-state index contributed by atoms with van der Waals surface area (Å²) < 4.78 is 5.80. The quantitative estimate of drug-likeness (QED) is 0.832. The second-order valence-corrected chi connectivity index (χ2v) is 7.26. The number of carbonyl (C=O) groups excluding carboxylic acids is 1. The number of amides is 1. The lowest BCUT2D eigenvalue weighted by atomic mass is 10.1. The fourth-order valence-corrected chi connectivity index (χ4v) is 3.45. The van der Waals surface area contributed by atoms with Crippen LogP contribution in [0.2, 0.25) is 0 Å². The van der Waals surface area contributed by atoms with Gasteiger partial charge in [-0.1, -0.05) is 18.2 Å². The number of nitrogens with zero attached hydrogens (tertiary/aromatic N) is 2. The Morgan fingerprint density at radius 2 is 2.12 bits per heavy atom. The third-order valence-corrected chi connectivity index (χ3v) is 5.14. The highest BCUT2D eigenvalue weighted by atomic mass is 16.5. The maximum absolute atomic E-state index is 12.5. The van der Waals surface area contributed by atoms with Crippen molar-refractivity contribution in [2.45, 2.75) is 45.6 Å². The van der Waals surface area contributed by atoms with Crippen molar-refractivity contribution in [2.24, 2.45) is 0 Å². The van der Waals surface area contributed by atoms with Crippen LogP contribution in [0.25, 0.3) is 0 Å². The molecular weight excluding hydrogens is 330 g/mol. The van der Waals surface area contributed by atoms with Crippen LogP contribution < -0.4 is 4.74 Å². The number of nitrogens with one attached hydrogen (secondary N) is 1. The van der Waals surface area contributed by atoms with Gasteiger partial charge in [0.25, 0.3) is 0 Å². The van der Waals surface area contributed by atoms with Gasteiger partial charge >= 0.3 is 0 Å². The average molecular weight is 357 g/mol. The molecule has 1 amide bonds. The first kappa shape index (κ1) is 18.5. The number of para-hydroxylation sites is 1. The number of rotatable bonds is 6. The van der Waals surface area contributed by atoms with Crippen LogP contribution in [0.3, 0.4) is 0 Å². The fourth-order valence-electron chi connectivity index (χ4n) is 3.45. The summed E-state index contributed by atoms with van der Waals surface area (Å²) in [5.74, 6) is 0.841. The molecule has 1 aromatic heterocycles. The van der Waals surface area contributed by atoms with Crippen LogP contribution in [0.1, 0.15) is 35.4 Å². The van der Waals surface area contributed by atoms with Gasteiger partial charge in [-0.25, -0.2) is 0 Å². The largest absolute Gasteiger partial charge is 0.490 e. The number of benzene rings is 1. The zero-order valence-electron chi connectivity index (χ0n) is 15.7. The van der Waals surface area contributed by atoms with Crippen molar-refractivity contribution < 1.29 is 14.6 Å². The minimum absolute atomic E-state index is 0.0665. The second kappa shape index (κ2) is 7.50. The number of likely N-dealkylation sites (tertiary alicyclic amines) is 1. The SMILES string of the molecule is Cc1ccccc1OC[C@@]1(O)CCN(C(=O)CCc2c(C)n[nH]c2C)C1. The van der Waals surface area contributed by atoms with Crippen LogP contribution in [-0.4, -0.2) is 51.4 Å². The van der Waals surface area contributed by atoms with Crippen molar-refractivity contribution in [3.05, 3.63) is 46.8 Å². The molecule has 0 bridgehead atoms. The predicted octanol–water partition coefficient (Wildman–Crippen LogP) is 2.31. The smallest absolute Gasteiger partial charge is 0.223 e. The molecule has 0 spiro atoms. The van der Waals surface area contributed by atoms with Crippen LogP contribution in [0, 0.1) is 20.8 Å². The average Bonchev–Trinajstić information content (AvgIpc) is 3.16. The summed E-state index contributed by atoms with van der Waals surface area (Å²) in [5, 5.41) is 17.9. The van der Waals surface area contributed by atoms with Crippen LogP contribution in [0.15, 0.2) is 24.3 Å². The molecule has 1 atom stereocenters. The minimum Gasteiger partial charge on any atom is -0.490 e. The Bertz CT molecular complexity index is 767. The molecule has 1 saturated heterocycles. The van der Waals surface area contributed by atoms with Gasteiger partial charge in [-0.2, -0.15) is 5.10 Å². The highest BCUT2D eigenvalue weighted by Crippen LogP contribution is 2.25. The van der Waals surface area contributed by atoms with Gasteiger partial charge in [0.15, 0.2) is 0 Å². The van der Waals surface area contributed by atoms with E-state index in [0.717, 1.165) is 28.3 Å². The number of ether oxygens (including phenoxy) is 1. The predicted molar refractivity (Wildman–Crippen MR) is 99.2 cm³/mol. The Morgan fingerprint density at radius 1 is 1.35 bits per heavy atom. The number of hydrogen-bond acceptors (Lipinski definition) is 4. The molecule has 2 aromatic rings. The molecule has 1 aromatic carbocycles. The molecule has 0 saturated carbocycles. The van der Waals surface area contributed by atoms with Crippen molar-refractivity contribution in [1.82, 2.24) is 15.1 Å². The molecule has 140 valence electrons. The first-order chi connectivity index (χ1) is 12.4. The van der Waals surface area contributed by atoms with Gasteiger partial charge in [-0.3, -0.25) is 9.89 Å². The molecule has 2 heterocycles. The Morgan fingerprint density at radius 3 is 2.81 bits per heavy atom. The van der Waals surface area contributed by atoms with E-state index in [1.54, 1.807) is 4.90 Å². The van der Waals surface area contributed by atoms with Crippen molar-refractivity contribution in [2.75, 3.05) is 19.7 Å². The number of H-pyrrole nitrogens is 1. The molecule has 0 unspecified atom stereocenters. The standard InChI is InChI=1S/C20H27N3O3/c1-14-6-4-5-7-18(14)26-13-20(25)10-11-23(12-20)19(24)9-8-17-15(2)21-22-16(17)3/h4-7,25H,8-13H2,1-3H3,(H,21,22)/t20-/m1/s1. The van der Waals surface area contributed by atoms with Gasteiger partial charge < -0.3 is 14.7 Å². The molecule has 2 N–H and O–H groups in total. The molecule has 1 fully saturated rings. The normalized spacial score (nSPS) is 19.8. The minimum atomic E-state index is -0.987. The van der Waals surface area contributed by atoms with Crippen molar-refractivity contribution in [1.29, 1.82) is 0 Å². The summed E-state index contributed by atoms with van der Waals surface area (Å²) in [6, 6.07) is 7.74. The highest BCUT2D eigenvalue weighted by molar-refractivity contribution is 5.77. The molecule has 0 radical (unpaired) electrons. The lowest BCUT2D eigenvalue weighted by Crippen LogP contribution is -2.40. The number of aliphatic hydroxyl groups is 1. The molecule has 3 rings (SSSR count). The zero-order chi connectivity index (χ0) is 18.7. The van der Waals surface area contributed by atoms with E-state index >= 15 is 0 Å². The molecule has 1 aliphatic rings. The van der Waals surface area contributed by atoms with Gasteiger partial charge in [0.1, 0.15) is 18.0 Å². The van der Waals surface area contributed by atoms with Crippen molar-refractivity contribution >= 4 is 5.91 Å². The van der Waals surface area contributed by atoms with Crippen molar-refractivity contribution in [3.63, 3.8) is 0 Å². The summed E-state index contributed by atoms with van der Waals surface area (Å²) in [7, 11) is 0. The first-order valence-corrected chi connectivity index (χ1v) is 9.07. The summed E-state index contributed by atoms with van der Waals surface area (Å²) in [6.45, 7) is 6.97. The summed E-state index contributed by atoms with van der Waals surface area (Å²) in [5.41, 5.74) is 3.11. The van der Waals surface area contributed by atoms with Crippen LogP contribution in [-0.2, 0) is 11.2 Å². The number of aromatic nitrogens is 2. The molecule has 26 heavy (non-hydrogen) atoms. The third kappa shape index (κ3) is 4.07. The van der Waals surface area contributed by atoms with Crippen LogP contribution >= 0.6 is 0 Å². The van der Waals surface area contributed by atoms with Gasteiger partial charge in [-0.05, 0) is 50.8 Å². The molecule has 1 aliphatic heterocycles. The Labute approximate surface area is 154 Å². The van der Waals surface area contributed by atoms with Crippen LogP contribution in [0.5, 0.6) is 5.75 Å². The van der Waals surface area contributed by atoms with E-state index in [9.17, 15) is 9.90 Å². The number of aromatic amines is 1. The second-order valence-electron chi connectivity index (χ2n) is 7.26. The van der Waals surface area contributed by atoms with Gasteiger partial charge in [0, 0.05) is 18.7 Å². The zero-order valence-corrected chi connectivity index (χ0v) is 15.7. The lowest BCUT2D eigenvalue weighted by Gasteiger charge is -2.24. The summed E-state index contributed by atoms with van der Waals surface area (Å²) in [4.78, 5) is 14.3. The van der Waals surface area contributed by atoms with Crippen LogP contribution in [0.4, 0.5) is 0 Å². The Balaban J connectivity index is 1.52.